The van der Waals surface area contributed by atoms with E-state index in [9.17, 15) is 0 Å². The molecule has 0 saturated carbocycles. The molecule has 0 atom stereocenters. The number of nitrogens with zero attached hydrogens (tertiary/aromatic N) is 3. The fourth-order valence-corrected chi connectivity index (χ4v) is 10.4. The summed E-state index contributed by atoms with van der Waals surface area (Å²) in [5.41, 5.74) is 11.9. The van der Waals surface area contributed by atoms with Gasteiger partial charge in [-0.1, -0.05) is 80.4 Å². The van der Waals surface area contributed by atoms with Crippen molar-refractivity contribution < 1.29 is 0 Å². The standard InChI is InChI=1S/C27H43N3Si/c1-11-24-15-23(13-14-31(20(5)6,21(7)8)22(9)10)16-25(12-2)27(24)26-18-30(29-28-26)17-19(3)4/h15-16,18-22H,11-12,17H2,1-10H3. The summed E-state index contributed by atoms with van der Waals surface area (Å²) in [5.74, 6) is 4.21. The van der Waals surface area contributed by atoms with Crippen molar-refractivity contribution in [2.45, 2.75) is 105 Å². The van der Waals surface area contributed by atoms with Gasteiger partial charge in [0.15, 0.2) is 0 Å². The van der Waals surface area contributed by atoms with Gasteiger partial charge in [0.2, 0.25) is 0 Å². The van der Waals surface area contributed by atoms with Gasteiger partial charge in [-0.25, -0.2) is 0 Å². The normalized spacial score (nSPS) is 12.2. The van der Waals surface area contributed by atoms with Crippen LogP contribution >= 0.6 is 0 Å². The first kappa shape index (κ1) is 25.4. The average Bonchev–Trinajstić information content (AvgIpc) is 3.13. The molecule has 0 spiro atoms. The highest BCUT2D eigenvalue weighted by atomic mass is 28.3. The van der Waals surface area contributed by atoms with Gasteiger partial charge < -0.3 is 0 Å². The molecule has 31 heavy (non-hydrogen) atoms. The summed E-state index contributed by atoms with van der Waals surface area (Å²) in [6.07, 6.45) is 4.04. The number of hydrogen-bond donors (Lipinski definition) is 0. The Bertz CT molecular complexity index is 879. The van der Waals surface area contributed by atoms with E-state index in [0.717, 1.165) is 30.6 Å². The molecule has 1 heterocycles. The van der Waals surface area contributed by atoms with Crippen molar-refractivity contribution in [3.8, 4) is 22.7 Å². The molecule has 1 aromatic heterocycles. The average molecular weight is 438 g/mol. The predicted octanol–water partition coefficient (Wildman–Crippen LogP) is 7.30. The monoisotopic (exact) mass is 437 g/mol. The highest BCUT2D eigenvalue weighted by Gasteiger charge is 2.41. The predicted molar refractivity (Wildman–Crippen MR) is 137 cm³/mol. The van der Waals surface area contributed by atoms with Crippen molar-refractivity contribution in [3.63, 3.8) is 0 Å². The van der Waals surface area contributed by atoms with Crippen molar-refractivity contribution >= 4 is 8.07 Å². The van der Waals surface area contributed by atoms with Crippen LogP contribution in [0.4, 0.5) is 0 Å². The van der Waals surface area contributed by atoms with E-state index in [4.69, 9.17) is 0 Å². The van der Waals surface area contributed by atoms with Crippen LogP contribution in [0.3, 0.4) is 0 Å². The van der Waals surface area contributed by atoms with E-state index in [1.807, 2.05) is 4.68 Å². The van der Waals surface area contributed by atoms with Crippen LogP contribution in [0, 0.1) is 17.4 Å². The molecular formula is C27H43N3Si. The second kappa shape index (κ2) is 10.6. The van der Waals surface area contributed by atoms with Crippen molar-refractivity contribution in [1.29, 1.82) is 0 Å². The molecular weight excluding hydrogens is 394 g/mol. The van der Waals surface area contributed by atoms with Crippen LogP contribution in [0.15, 0.2) is 18.3 Å². The van der Waals surface area contributed by atoms with Crippen LogP contribution in [-0.2, 0) is 19.4 Å². The minimum atomic E-state index is -1.74. The Hall–Kier alpha value is -1.86. The minimum absolute atomic E-state index is 0.552. The lowest BCUT2D eigenvalue weighted by Gasteiger charge is -2.38. The quantitative estimate of drug-likeness (QED) is 0.320. The molecule has 0 N–H and O–H groups in total. The first-order chi connectivity index (χ1) is 14.6. The largest absolute Gasteiger partial charge is 0.252 e. The zero-order valence-electron chi connectivity index (χ0n) is 21.5. The van der Waals surface area contributed by atoms with Crippen molar-refractivity contribution in [2.24, 2.45) is 5.92 Å². The highest BCUT2D eigenvalue weighted by Crippen LogP contribution is 2.41. The van der Waals surface area contributed by atoms with Gasteiger partial charge in [-0.3, -0.25) is 4.68 Å². The van der Waals surface area contributed by atoms with Crippen LogP contribution in [-0.4, -0.2) is 23.1 Å². The van der Waals surface area contributed by atoms with E-state index in [2.05, 4.69) is 109 Å². The van der Waals surface area contributed by atoms with E-state index in [1.54, 1.807) is 0 Å². The lowest BCUT2D eigenvalue weighted by Crippen LogP contribution is -2.43. The molecule has 3 nitrogen and oxygen atoms in total. The van der Waals surface area contributed by atoms with Gasteiger partial charge in [0, 0.05) is 17.7 Å². The third kappa shape index (κ3) is 5.50. The van der Waals surface area contributed by atoms with E-state index < -0.39 is 8.07 Å². The van der Waals surface area contributed by atoms with Crippen LogP contribution in [0.25, 0.3) is 11.3 Å². The first-order valence-electron chi connectivity index (χ1n) is 12.2. The molecule has 0 amide bonds. The molecule has 0 fully saturated rings. The molecule has 0 radical (unpaired) electrons. The molecule has 0 aliphatic rings. The number of benzene rings is 1. The Kier molecular flexibility index (Phi) is 8.71. The van der Waals surface area contributed by atoms with Crippen molar-refractivity contribution in [2.75, 3.05) is 0 Å². The van der Waals surface area contributed by atoms with E-state index in [1.165, 1.54) is 16.7 Å². The van der Waals surface area contributed by atoms with Gasteiger partial charge in [0.25, 0.3) is 0 Å². The van der Waals surface area contributed by atoms with Gasteiger partial charge >= 0.3 is 0 Å². The maximum absolute atomic E-state index is 4.53. The lowest BCUT2D eigenvalue weighted by molar-refractivity contribution is 0.472. The Morgan fingerprint density at radius 3 is 1.81 bits per heavy atom. The molecule has 2 aromatic rings. The zero-order chi connectivity index (χ0) is 23.3. The van der Waals surface area contributed by atoms with Crippen molar-refractivity contribution in [1.82, 2.24) is 15.0 Å². The molecule has 4 heteroatoms. The molecule has 0 aliphatic heterocycles. The van der Waals surface area contributed by atoms with Gasteiger partial charge in [0.1, 0.15) is 13.8 Å². The van der Waals surface area contributed by atoms with Crippen LogP contribution in [0.5, 0.6) is 0 Å². The fraction of sp³-hybridized carbons (Fsp3) is 0.630. The maximum atomic E-state index is 4.53. The number of hydrogen-bond acceptors (Lipinski definition) is 2. The SMILES string of the molecule is CCc1cc(C#C[Si](C(C)C)(C(C)C)C(C)C)cc(CC)c1-c1cn(CC(C)C)nn1. The van der Waals surface area contributed by atoms with Gasteiger partial charge in [-0.2, -0.15) is 0 Å². The van der Waals surface area contributed by atoms with Crippen LogP contribution < -0.4 is 0 Å². The molecule has 0 bridgehead atoms. The van der Waals surface area contributed by atoms with E-state index in [0.29, 0.717) is 22.5 Å². The number of aromatic nitrogens is 3. The smallest absolute Gasteiger partial charge is 0.146 e. The van der Waals surface area contributed by atoms with Crippen LogP contribution in [0.2, 0.25) is 16.6 Å². The summed E-state index contributed by atoms with van der Waals surface area (Å²) >= 11 is 0. The lowest BCUT2D eigenvalue weighted by atomic mass is 9.93. The molecule has 0 saturated heterocycles. The summed E-state index contributed by atoms with van der Waals surface area (Å²) in [4.78, 5) is 0. The zero-order valence-corrected chi connectivity index (χ0v) is 22.5. The van der Waals surface area contributed by atoms with Gasteiger partial charge in [-0.15, -0.1) is 10.6 Å². The second-order valence-electron chi connectivity index (χ2n) is 10.2. The molecule has 1 aromatic carbocycles. The topological polar surface area (TPSA) is 30.7 Å². The third-order valence-electron chi connectivity index (χ3n) is 6.70. The van der Waals surface area contributed by atoms with Gasteiger partial charge in [0.05, 0.1) is 6.20 Å². The summed E-state index contributed by atoms with van der Waals surface area (Å²) in [5, 5.41) is 8.90. The van der Waals surface area contributed by atoms with E-state index in [-0.39, 0.29) is 0 Å². The molecule has 2 rings (SSSR count). The van der Waals surface area contributed by atoms with E-state index >= 15 is 0 Å². The molecule has 0 aliphatic carbocycles. The Morgan fingerprint density at radius 2 is 1.39 bits per heavy atom. The summed E-state index contributed by atoms with van der Waals surface area (Å²) < 4.78 is 1.97. The summed E-state index contributed by atoms with van der Waals surface area (Å²) in [7, 11) is -1.74. The van der Waals surface area contributed by atoms with Crippen LogP contribution in [0.1, 0.15) is 85.9 Å². The summed E-state index contributed by atoms with van der Waals surface area (Å²) in [6.45, 7) is 24.0. The first-order valence-corrected chi connectivity index (χ1v) is 14.4. The minimum Gasteiger partial charge on any atom is -0.252 e. The van der Waals surface area contributed by atoms with Crippen molar-refractivity contribution in [3.05, 3.63) is 35.0 Å². The highest BCUT2D eigenvalue weighted by molar-refractivity contribution is 6.90. The Labute approximate surface area is 192 Å². The second-order valence-corrected chi connectivity index (χ2v) is 15.8. The third-order valence-corrected chi connectivity index (χ3v) is 13.0. The Morgan fingerprint density at radius 1 is 0.871 bits per heavy atom. The maximum Gasteiger partial charge on any atom is 0.146 e. The Balaban J connectivity index is 2.57. The van der Waals surface area contributed by atoms with Gasteiger partial charge in [-0.05, 0) is 58.6 Å². The number of rotatable bonds is 8. The fourth-order valence-electron chi connectivity index (χ4n) is 5.22. The number of aryl methyl sites for hydroxylation is 2. The summed E-state index contributed by atoms with van der Waals surface area (Å²) in [6, 6.07) is 4.59. The molecule has 0 unspecified atom stereocenters. The molecule has 170 valence electrons.